The van der Waals surface area contributed by atoms with Gasteiger partial charge in [-0.05, 0) is 36.6 Å². The Morgan fingerprint density at radius 1 is 1.14 bits per heavy atom. The van der Waals surface area contributed by atoms with Crippen molar-refractivity contribution in [2.45, 2.75) is 18.4 Å². The number of thioether (sulfide) groups is 2. The van der Waals surface area contributed by atoms with Crippen molar-refractivity contribution >= 4 is 23.5 Å². The molecule has 3 heteroatoms. The SMILES string of the molecule is CSCc1ccc(O)c(CSC)c1C. The lowest BCUT2D eigenvalue weighted by Crippen LogP contribution is -1.93. The van der Waals surface area contributed by atoms with Crippen LogP contribution in [0.25, 0.3) is 0 Å². The van der Waals surface area contributed by atoms with Gasteiger partial charge in [0, 0.05) is 17.1 Å². The normalized spacial score (nSPS) is 10.5. The molecule has 0 saturated carbocycles. The maximum absolute atomic E-state index is 9.69. The summed E-state index contributed by atoms with van der Waals surface area (Å²) in [5.74, 6) is 2.34. The van der Waals surface area contributed by atoms with Gasteiger partial charge in [-0.25, -0.2) is 0 Å². The van der Waals surface area contributed by atoms with Crippen LogP contribution in [0.1, 0.15) is 16.7 Å². The first-order chi connectivity index (χ1) is 6.70. The first-order valence-corrected chi connectivity index (χ1v) is 7.27. The van der Waals surface area contributed by atoms with Gasteiger partial charge < -0.3 is 5.11 Å². The fourth-order valence-corrected chi connectivity index (χ4v) is 2.71. The predicted molar refractivity (Wildman–Crippen MR) is 67.3 cm³/mol. The third-order valence-corrected chi connectivity index (χ3v) is 3.45. The standard InChI is InChI=1S/C11H16OS2/c1-8-9(6-13-2)4-5-11(12)10(8)7-14-3/h4-5,12H,6-7H2,1-3H3. The molecule has 0 spiro atoms. The molecule has 1 N–H and O–H groups in total. The monoisotopic (exact) mass is 228 g/mol. The van der Waals surface area contributed by atoms with Crippen LogP contribution < -0.4 is 0 Å². The fraction of sp³-hybridized carbons (Fsp3) is 0.455. The van der Waals surface area contributed by atoms with E-state index < -0.39 is 0 Å². The van der Waals surface area contributed by atoms with Crippen molar-refractivity contribution in [1.82, 2.24) is 0 Å². The van der Waals surface area contributed by atoms with E-state index in [4.69, 9.17) is 0 Å². The summed E-state index contributed by atoms with van der Waals surface area (Å²) < 4.78 is 0. The highest BCUT2D eigenvalue weighted by Crippen LogP contribution is 2.28. The van der Waals surface area contributed by atoms with Crippen molar-refractivity contribution in [3.8, 4) is 5.75 Å². The van der Waals surface area contributed by atoms with E-state index in [-0.39, 0.29) is 0 Å². The highest BCUT2D eigenvalue weighted by Gasteiger charge is 2.08. The first kappa shape index (κ1) is 11.8. The lowest BCUT2D eigenvalue weighted by Gasteiger charge is -2.11. The van der Waals surface area contributed by atoms with Crippen molar-refractivity contribution in [2.24, 2.45) is 0 Å². The Morgan fingerprint density at radius 2 is 1.79 bits per heavy atom. The Morgan fingerprint density at radius 3 is 2.36 bits per heavy atom. The van der Waals surface area contributed by atoms with Gasteiger partial charge in [0.1, 0.15) is 5.75 Å². The van der Waals surface area contributed by atoms with Gasteiger partial charge in [0.15, 0.2) is 0 Å². The fourth-order valence-electron chi connectivity index (χ4n) is 1.43. The van der Waals surface area contributed by atoms with Gasteiger partial charge in [-0.3, -0.25) is 0 Å². The number of phenolic OH excluding ortho intramolecular Hbond substituents is 1. The largest absolute Gasteiger partial charge is 0.508 e. The van der Waals surface area contributed by atoms with E-state index in [0.717, 1.165) is 17.1 Å². The number of hydrogen-bond donors (Lipinski definition) is 1. The van der Waals surface area contributed by atoms with E-state index in [2.05, 4.69) is 19.4 Å². The van der Waals surface area contributed by atoms with Crippen LogP contribution in [0.4, 0.5) is 0 Å². The Hall–Kier alpha value is -0.280. The first-order valence-electron chi connectivity index (χ1n) is 4.49. The number of hydrogen-bond acceptors (Lipinski definition) is 3. The molecule has 0 fully saturated rings. The molecule has 14 heavy (non-hydrogen) atoms. The summed E-state index contributed by atoms with van der Waals surface area (Å²) in [5, 5.41) is 9.69. The maximum Gasteiger partial charge on any atom is 0.119 e. The summed E-state index contributed by atoms with van der Waals surface area (Å²) in [6, 6.07) is 3.83. The second kappa shape index (κ2) is 5.56. The molecular weight excluding hydrogens is 212 g/mol. The minimum absolute atomic E-state index is 0.432. The van der Waals surface area contributed by atoms with E-state index in [1.54, 1.807) is 11.8 Å². The highest BCUT2D eigenvalue weighted by molar-refractivity contribution is 7.98. The van der Waals surface area contributed by atoms with E-state index in [9.17, 15) is 5.11 Å². The highest BCUT2D eigenvalue weighted by atomic mass is 32.2. The average Bonchev–Trinajstić information content (AvgIpc) is 2.17. The molecular formula is C11H16OS2. The van der Waals surface area contributed by atoms with Gasteiger partial charge in [0.05, 0.1) is 0 Å². The number of phenols is 1. The van der Waals surface area contributed by atoms with Crippen LogP contribution in [-0.4, -0.2) is 17.6 Å². The van der Waals surface area contributed by atoms with Crippen LogP contribution >= 0.6 is 23.5 Å². The van der Waals surface area contributed by atoms with Crippen molar-refractivity contribution in [1.29, 1.82) is 0 Å². The van der Waals surface area contributed by atoms with Crippen molar-refractivity contribution < 1.29 is 5.11 Å². The molecule has 0 atom stereocenters. The van der Waals surface area contributed by atoms with Crippen LogP contribution in [0.2, 0.25) is 0 Å². The van der Waals surface area contributed by atoms with Gasteiger partial charge in [-0.2, -0.15) is 23.5 Å². The molecule has 0 amide bonds. The zero-order chi connectivity index (χ0) is 10.6. The van der Waals surface area contributed by atoms with Gasteiger partial charge in [-0.15, -0.1) is 0 Å². The zero-order valence-electron chi connectivity index (χ0n) is 8.83. The second-order valence-electron chi connectivity index (χ2n) is 3.21. The van der Waals surface area contributed by atoms with Gasteiger partial charge >= 0.3 is 0 Å². The number of benzene rings is 1. The molecule has 0 aliphatic rings. The molecule has 0 saturated heterocycles. The average molecular weight is 228 g/mol. The third kappa shape index (κ3) is 2.61. The summed E-state index contributed by atoms with van der Waals surface area (Å²) in [6.07, 6.45) is 4.15. The molecule has 0 bridgehead atoms. The smallest absolute Gasteiger partial charge is 0.119 e. The van der Waals surface area contributed by atoms with Crippen LogP contribution in [-0.2, 0) is 11.5 Å². The topological polar surface area (TPSA) is 20.2 Å². The van der Waals surface area contributed by atoms with Gasteiger partial charge in [0.25, 0.3) is 0 Å². The van der Waals surface area contributed by atoms with Crippen LogP contribution in [0, 0.1) is 6.92 Å². The van der Waals surface area contributed by atoms with Crippen LogP contribution in [0.15, 0.2) is 12.1 Å². The molecule has 0 aromatic heterocycles. The Labute approximate surface area is 94.3 Å². The third-order valence-electron chi connectivity index (χ3n) is 2.27. The summed E-state index contributed by atoms with van der Waals surface area (Å²) in [7, 11) is 0. The number of aromatic hydroxyl groups is 1. The lowest BCUT2D eigenvalue weighted by molar-refractivity contribution is 0.470. The predicted octanol–water partition coefficient (Wildman–Crippen LogP) is 3.43. The van der Waals surface area contributed by atoms with E-state index in [0.29, 0.717) is 5.75 Å². The van der Waals surface area contributed by atoms with E-state index in [1.165, 1.54) is 11.1 Å². The van der Waals surface area contributed by atoms with Crippen molar-refractivity contribution in [3.05, 3.63) is 28.8 Å². The Kier molecular flexibility index (Phi) is 4.69. The molecule has 0 unspecified atom stereocenters. The molecule has 0 aliphatic heterocycles. The molecule has 0 aliphatic carbocycles. The minimum Gasteiger partial charge on any atom is -0.508 e. The Bertz CT molecular complexity index is 310. The van der Waals surface area contributed by atoms with Gasteiger partial charge in [-0.1, -0.05) is 6.07 Å². The molecule has 1 aromatic carbocycles. The molecule has 1 nitrogen and oxygen atoms in total. The van der Waals surface area contributed by atoms with Crippen LogP contribution in [0.5, 0.6) is 5.75 Å². The molecule has 1 rings (SSSR count). The number of rotatable bonds is 4. The Balaban J connectivity index is 3.05. The maximum atomic E-state index is 9.69. The zero-order valence-corrected chi connectivity index (χ0v) is 10.5. The molecule has 1 aromatic rings. The van der Waals surface area contributed by atoms with Crippen LogP contribution in [0.3, 0.4) is 0 Å². The molecule has 0 heterocycles. The van der Waals surface area contributed by atoms with Crippen molar-refractivity contribution in [2.75, 3.05) is 12.5 Å². The lowest BCUT2D eigenvalue weighted by atomic mass is 10.0. The van der Waals surface area contributed by atoms with E-state index in [1.807, 2.05) is 23.9 Å². The summed E-state index contributed by atoms with van der Waals surface area (Å²) in [4.78, 5) is 0. The minimum atomic E-state index is 0.432. The van der Waals surface area contributed by atoms with Crippen molar-refractivity contribution in [3.63, 3.8) is 0 Å². The van der Waals surface area contributed by atoms with Gasteiger partial charge in [0.2, 0.25) is 0 Å². The van der Waals surface area contributed by atoms with E-state index >= 15 is 0 Å². The second-order valence-corrected chi connectivity index (χ2v) is 4.95. The summed E-state index contributed by atoms with van der Waals surface area (Å²) >= 11 is 3.56. The molecule has 78 valence electrons. The molecule has 0 radical (unpaired) electrons. The summed E-state index contributed by atoms with van der Waals surface area (Å²) in [5.41, 5.74) is 3.66. The summed E-state index contributed by atoms with van der Waals surface area (Å²) in [6.45, 7) is 2.09. The quantitative estimate of drug-likeness (QED) is 0.852.